The number of aromatic amines is 1. The van der Waals surface area contributed by atoms with Crippen molar-refractivity contribution in [2.75, 3.05) is 0 Å². The second-order valence-electron chi connectivity index (χ2n) is 4.93. The fourth-order valence-electron chi connectivity index (χ4n) is 2.57. The number of rotatable bonds is 1. The summed E-state index contributed by atoms with van der Waals surface area (Å²) in [6.45, 7) is 0.246. The number of hydrogen-bond acceptors (Lipinski definition) is 3. The zero-order valence-corrected chi connectivity index (χ0v) is 11.8. The van der Waals surface area contributed by atoms with E-state index in [9.17, 15) is 8.42 Å². The van der Waals surface area contributed by atoms with Crippen molar-refractivity contribution in [1.29, 1.82) is 0 Å². The molecule has 1 aliphatic heterocycles. The first-order valence-corrected chi connectivity index (χ1v) is 7.92. The molecular weight excluding hydrogens is 288 g/mol. The smallest absolute Gasteiger partial charge is 0.370 e. The van der Waals surface area contributed by atoms with Gasteiger partial charge in [0.1, 0.15) is 0 Å². The number of para-hydroxylation sites is 1. The molecule has 0 bridgehead atoms. The lowest BCUT2D eigenvalue weighted by Crippen LogP contribution is -2.32. The Morgan fingerprint density at radius 2 is 2.00 bits per heavy atom. The van der Waals surface area contributed by atoms with Gasteiger partial charge in [-0.1, -0.05) is 30.3 Å². The van der Waals surface area contributed by atoms with Gasteiger partial charge in [0.15, 0.2) is 5.75 Å². The molecule has 2 heterocycles. The monoisotopic (exact) mass is 300 g/mol. The summed E-state index contributed by atoms with van der Waals surface area (Å²) >= 11 is 0. The van der Waals surface area contributed by atoms with Crippen LogP contribution in [0.1, 0.15) is 5.56 Å². The van der Waals surface area contributed by atoms with Crippen LogP contribution in [0.3, 0.4) is 0 Å². The van der Waals surface area contributed by atoms with Crippen LogP contribution in [-0.2, 0) is 16.8 Å². The predicted molar refractivity (Wildman–Crippen MR) is 80.1 cm³/mol. The summed E-state index contributed by atoms with van der Waals surface area (Å²) in [5, 5.41) is 1.11. The first-order chi connectivity index (χ1) is 10.1. The standard InChI is InChI=1S/C15H12N2O3S/c18-21(19)17-9-12-2-1-3-13(15(12)20-21)11-5-4-10-6-7-16-14(10)8-11/h1-8,16-17H,9H2. The molecule has 0 unspecified atom stereocenters. The van der Waals surface area contributed by atoms with E-state index in [0.29, 0.717) is 5.75 Å². The van der Waals surface area contributed by atoms with E-state index in [1.807, 2.05) is 48.7 Å². The second kappa shape index (κ2) is 4.34. The van der Waals surface area contributed by atoms with Crippen LogP contribution in [0.2, 0.25) is 0 Å². The van der Waals surface area contributed by atoms with Gasteiger partial charge in [-0.2, -0.15) is 13.1 Å². The lowest BCUT2D eigenvalue weighted by molar-refractivity contribution is 0.454. The molecule has 4 rings (SSSR count). The van der Waals surface area contributed by atoms with Crippen molar-refractivity contribution in [3.8, 4) is 16.9 Å². The highest BCUT2D eigenvalue weighted by Gasteiger charge is 2.24. The average molecular weight is 300 g/mol. The Labute approximate surface area is 121 Å². The molecular formula is C15H12N2O3S. The highest BCUT2D eigenvalue weighted by molar-refractivity contribution is 7.85. The highest BCUT2D eigenvalue weighted by atomic mass is 32.2. The number of fused-ring (bicyclic) bond motifs is 2. The summed E-state index contributed by atoms with van der Waals surface area (Å²) in [5.74, 6) is 0.405. The van der Waals surface area contributed by atoms with Gasteiger partial charge in [0.2, 0.25) is 0 Å². The summed E-state index contributed by atoms with van der Waals surface area (Å²) in [6, 6.07) is 13.6. The molecule has 106 valence electrons. The Morgan fingerprint density at radius 1 is 1.10 bits per heavy atom. The van der Waals surface area contributed by atoms with Crippen LogP contribution in [0.4, 0.5) is 0 Å². The zero-order chi connectivity index (χ0) is 14.4. The molecule has 0 saturated heterocycles. The number of aromatic nitrogens is 1. The van der Waals surface area contributed by atoms with Crippen molar-refractivity contribution in [2.45, 2.75) is 6.54 Å². The van der Waals surface area contributed by atoms with Crippen molar-refractivity contribution in [1.82, 2.24) is 9.71 Å². The first kappa shape index (κ1) is 12.4. The zero-order valence-electron chi connectivity index (χ0n) is 11.0. The molecule has 3 aromatic rings. The predicted octanol–water partition coefficient (Wildman–Crippen LogP) is 2.56. The molecule has 5 nitrogen and oxygen atoms in total. The second-order valence-corrected chi connectivity index (χ2v) is 6.30. The van der Waals surface area contributed by atoms with E-state index in [4.69, 9.17) is 4.18 Å². The third kappa shape index (κ3) is 2.09. The SMILES string of the molecule is O=S1(=O)NCc2cccc(-c3ccc4cc[nH]c4c3)c2O1. The van der Waals surface area contributed by atoms with Gasteiger partial charge >= 0.3 is 10.3 Å². The Balaban J connectivity index is 1.92. The average Bonchev–Trinajstić information content (AvgIpc) is 2.93. The highest BCUT2D eigenvalue weighted by Crippen LogP contribution is 2.36. The molecule has 0 aliphatic carbocycles. The van der Waals surface area contributed by atoms with Crippen LogP contribution >= 0.6 is 0 Å². The van der Waals surface area contributed by atoms with E-state index in [0.717, 1.165) is 27.6 Å². The topological polar surface area (TPSA) is 71.2 Å². The van der Waals surface area contributed by atoms with Crippen molar-refractivity contribution in [3.63, 3.8) is 0 Å². The van der Waals surface area contributed by atoms with Crippen LogP contribution < -0.4 is 8.91 Å². The summed E-state index contributed by atoms with van der Waals surface area (Å²) < 4.78 is 30.8. The minimum atomic E-state index is -3.72. The van der Waals surface area contributed by atoms with Crippen molar-refractivity contribution in [2.24, 2.45) is 0 Å². The maximum Gasteiger partial charge on any atom is 0.382 e. The lowest BCUT2D eigenvalue weighted by Gasteiger charge is -2.20. The van der Waals surface area contributed by atoms with Gasteiger partial charge in [0, 0.05) is 29.4 Å². The maximum atomic E-state index is 11.6. The van der Waals surface area contributed by atoms with Gasteiger partial charge in [-0.3, -0.25) is 0 Å². The molecule has 0 amide bonds. The quantitative estimate of drug-likeness (QED) is 0.725. The van der Waals surface area contributed by atoms with Crippen LogP contribution in [0.5, 0.6) is 5.75 Å². The molecule has 6 heteroatoms. The van der Waals surface area contributed by atoms with E-state index in [-0.39, 0.29) is 6.54 Å². The maximum absolute atomic E-state index is 11.6. The largest absolute Gasteiger partial charge is 0.382 e. The summed E-state index contributed by atoms with van der Waals surface area (Å²) in [6.07, 6.45) is 1.87. The van der Waals surface area contributed by atoms with Gasteiger partial charge in [-0.15, -0.1) is 0 Å². The number of nitrogens with one attached hydrogen (secondary N) is 2. The molecule has 0 fully saturated rings. The molecule has 0 saturated carbocycles. The Kier molecular flexibility index (Phi) is 2.57. The third-order valence-electron chi connectivity index (χ3n) is 3.60. The molecule has 0 radical (unpaired) electrons. The Morgan fingerprint density at radius 3 is 2.90 bits per heavy atom. The van der Waals surface area contributed by atoms with E-state index in [2.05, 4.69) is 9.71 Å². The fourth-order valence-corrected chi connectivity index (χ4v) is 3.38. The summed E-state index contributed by atoms with van der Waals surface area (Å²) in [7, 11) is -3.72. The summed E-state index contributed by atoms with van der Waals surface area (Å²) in [5.41, 5.74) is 3.52. The molecule has 1 aliphatic rings. The van der Waals surface area contributed by atoms with E-state index < -0.39 is 10.3 Å². The van der Waals surface area contributed by atoms with Gasteiger partial charge in [0.05, 0.1) is 0 Å². The number of H-pyrrole nitrogens is 1. The van der Waals surface area contributed by atoms with Crippen molar-refractivity contribution < 1.29 is 12.6 Å². The molecule has 1 aromatic heterocycles. The number of benzene rings is 2. The van der Waals surface area contributed by atoms with Crippen LogP contribution in [-0.4, -0.2) is 13.4 Å². The van der Waals surface area contributed by atoms with Crippen LogP contribution in [0.25, 0.3) is 22.0 Å². The minimum Gasteiger partial charge on any atom is -0.370 e. The molecule has 21 heavy (non-hydrogen) atoms. The van der Waals surface area contributed by atoms with Crippen LogP contribution in [0, 0.1) is 0 Å². The normalized spacial score (nSPS) is 16.4. The third-order valence-corrected chi connectivity index (χ3v) is 4.48. The number of hydrogen-bond donors (Lipinski definition) is 2. The Bertz CT molecular complexity index is 944. The van der Waals surface area contributed by atoms with E-state index >= 15 is 0 Å². The molecule has 0 spiro atoms. The summed E-state index contributed by atoms with van der Waals surface area (Å²) in [4.78, 5) is 3.15. The van der Waals surface area contributed by atoms with Gasteiger partial charge in [-0.25, -0.2) is 0 Å². The van der Waals surface area contributed by atoms with Crippen molar-refractivity contribution in [3.05, 3.63) is 54.2 Å². The first-order valence-electron chi connectivity index (χ1n) is 6.51. The van der Waals surface area contributed by atoms with Crippen LogP contribution in [0.15, 0.2) is 48.7 Å². The lowest BCUT2D eigenvalue weighted by atomic mass is 10.0. The van der Waals surface area contributed by atoms with Crippen molar-refractivity contribution >= 4 is 21.2 Å². The van der Waals surface area contributed by atoms with Gasteiger partial charge in [-0.05, 0) is 23.1 Å². The van der Waals surface area contributed by atoms with Gasteiger partial charge < -0.3 is 9.17 Å². The Hall–Kier alpha value is -2.31. The van der Waals surface area contributed by atoms with E-state index in [1.165, 1.54) is 0 Å². The molecule has 2 N–H and O–H groups in total. The van der Waals surface area contributed by atoms with E-state index in [1.54, 1.807) is 0 Å². The minimum absolute atomic E-state index is 0.246. The fraction of sp³-hybridized carbons (Fsp3) is 0.0667. The molecule has 2 aromatic carbocycles. The molecule has 0 atom stereocenters. The van der Waals surface area contributed by atoms with Gasteiger partial charge in [0.25, 0.3) is 0 Å².